The van der Waals surface area contributed by atoms with Crippen molar-refractivity contribution in [1.82, 2.24) is 5.32 Å². The molecule has 1 unspecified atom stereocenters. The minimum Gasteiger partial charge on any atom is -0.480 e. The quantitative estimate of drug-likeness (QED) is 0.787. The summed E-state index contributed by atoms with van der Waals surface area (Å²) in [5.41, 5.74) is -0.331. The second-order valence-corrected chi connectivity index (χ2v) is 4.28. The van der Waals surface area contributed by atoms with E-state index in [1.54, 1.807) is 6.92 Å². The molecule has 0 fully saturated rings. The minimum atomic E-state index is -1.35. The highest BCUT2D eigenvalue weighted by Crippen LogP contribution is 2.14. The average Bonchev–Trinajstić information content (AvgIpc) is 2.35. The molecule has 2 N–H and O–H groups in total. The van der Waals surface area contributed by atoms with Crippen molar-refractivity contribution < 1.29 is 27.9 Å². The third kappa shape index (κ3) is 4.25. The molecule has 20 heavy (non-hydrogen) atoms. The van der Waals surface area contributed by atoms with E-state index in [9.17, 15) is 22.8 Å². The number of carboxylic acid groups (broad SMARTS) is 1. The fraction of sp³-hybridized carbons (Fsp3) is 0.385. The van der Waals surface area contributed by atoms with Gasteiger partial charge in [0.25, 0.3) is 0 Å². The fourth-order valence-electron chi connectivity index (χ4n) is 1.66. The Morgan fingerprint density at radius 1 is 1.20 bits per heavy atom. The molecule has 1 amide bonds. The summed E-state index contributed by atoms with van der Waals surface area (Å²) >= 11 is 0. The van der Waals surface area contributed by atoms with Crippen LogP contribution in [0, 0.1) is 17.5 Å². The van der Waals surface area contributed by atoms with E-state index in [4.69, 9.17) is 5.11 Å². The first-order valence-corrected chi connectivity index (χ1v) is 6.00. The highest BCUT2D eigenvalue weighted by Gasteiger charge is 2.20. The summed E-state index contributed by atoms with van der Waals surface area (Å²) in [6, 6.07) is -0.153. The average molecular weight is 289 g/mol. The highest BCUT2D eigenvalue weighted by atomic mass is 19.2. The summed E-state index contributed by atoms with van der Waals surface area (Å²) in [6.45, 7) is 1.75. The van der Waals surface area contributed by atoms with Crippen LogP contribution < -0.4 is 5.32 Å². The first kappa shape index (κ1) is 16.0. The minimum absolute atomic E-state index is 0.224. The SMILES string of the molecule is CCCC(NC(=O)Cc1cc(F)c(F)cc1F)C(=O)O. The topological polar surface area (TPSA) is 66.4 Å². The Morgan fingerprint density at radius 3 is 2.35 bits per heavy atom. The predicted octanol–water partition coefficient (Wildman–Crippen LogP) is 2.02. The first-order valence-electron chi connectivity index (χ1n) is 6.00. The van der Waals surface area contributed by atoms with Crippen LogP contribution in [0.3, 0.4) is 0 Å². The first-order chi connectivity index (χ1) is 9.35. The number of amides is 1. The Labute approximate surface area is 113 Å². The van der Waals surface area contributed by atoms with Crippen molar-refractivity contribution in [3.63, 3.8) is 0 Å². The molecule has 0 aromatic heterocycles. The lowest BCUT2D eigenvalue weighted by Crippen LogP contribution is -2.41. The maximum Gasteiger partial charge on any atom is 0.326 e. The summed E-state index contributed by atoms with van der Waals surface area (Å²) in [5, 5.41) is 11.1. The monoisotopic (exact) mass is 289 g/mol. The van der Waals surface area contributed by atoms with Gasteiger partial charge >= 0.3 is 5.97 Å². The fourth-order valence-corrected chi connectivity index (χ4v) is 1.66. The zero-order valence-corrected chi connectivity index (χ0v) is 10.8. The summed E-state index contributed by atoms with van der Waals surface area (Å²) in [4.78, 5) is 22.4. The second kappa shape index (κ2) is 6.93. The van der Waals surface area contributed by atoms with Crippen molar-refractivity contribution >= 4 is 11.9 Å². The van der Waals surface area contributed by atoms with Crippen LogP contribution in [0.5, 0.6) is 0 Å². The van der Waals surface area contributed by atoms with E-state index in [0.29, 0.717) is 18.6 Å². The lowest BCUT2D eigenvalue weighted by atomic mass is 10.1. The molecular formula is C13H14F3NO3. The Bertz CT molecular complexity index is 520. The standard InChI is InChI=1S/C13H14F3NO3/c1-2-3-11(13(19)20)17-12(18)5-7-4-9(15)10(16)6-8(7)14/h4,6,11H,2-3,5H2,1H3,(H,17,18)(H,19,20). The van der Waals surface area contributed by atoms with Crippen LogP contribution in [-0.4, -0.2) is 23.0 Å². The van der Waals surface area contributed by atoms with E-state index in [2.05, 4.69) is 5.32 Å². The maximum absolute atomic E-state index is 13.3. The third-order valence-electron chi connectivity index (χ3n) is 2.65. The number of halogens is 3. The van der Waals surface area contributed by atoms with Crippen LogP contribution in [0.25, 0.3) is 0 Å². The van der Waals surface area contributed by atoms with Crippen LogP contribution in [0.2, 0.25) is 0 Å². The Balaban J connectivity index is 2.75. The summed E-state index contributed by atoms with van der Waals surface area (Å²) in [6.07, 6.45) is 0.203. The van der Waals surface area contributed by atoms with Gasteiger partial charge in [-0.15, -0.1) is 0 Å². The van der Waals surface area contributed by atoms with E-state index >= 15 is 0 Å². The molecule has 0 radical (unpaired) electrons. The number of carbonyl (C=O) groups is 2. The largest absolute Gasteiger partial charge is 0.480 e. The van der Waals surface area contributed by atoms with E-state index < -0.39 is 41.8 Å². The molecule has 110 valence electrons. The third-order valence-corrected chi connectivity index (χ3v) is 2.65. The molecule has 0 saturated heterocycles. The lowest BCUT2D eigenvalue weighted by Gasteiger charge is -2.13. The molecule has 1 aromatic rings. The van der Waals surface area contributed by atoms with Gasteiger partial charge in [-0.1, -0.05) is 13.3 Å². The van der Waals surface area contributed by atoms with E-state index in [1.165, 1.54) is 0 Å². The summed E-state index contributed by atoms with van der Waals surface area (Å²) < 4.78 is 39.0. The van der Waals surface area contributed by atoms with Crippen molar-refractivity contribution in [2.45, 2.75) is 32.2 Å². The molecular weight excluding hydrogens is 275 g/mol. The molecule has 0 aliphatic carbocycles. The van der Waals surface area contributed by atoms with Crippen molar-refractivity contribution in [2.24, 2.45) is 0 Å². The number of carboxylic acids is 1. The smallest absolute Gasteiger partial charge is 0.326 e. The molecule has 4 nitrogen and oxygen atoms in total. The number of hydrogen-bond donors (Lipinski definition) is 2. The molecule has 0 heterocycles. The summed E-state index contributed by atoms with van der Waals surface area (Å²) in [5.74, 6) is -5.64. The lowest BCUT2D eigenvalue weighted by molar-refractivity contribution is -0.141. The molecule has 0 aliphatic rings. The molecule has 1 atom stereocenters. The van der Waals surface area contributed by atoms with Crippen molar-refractivity contribution in [2.75, 3.05) is 0 Å². The van der Waals surface area contributed by atoms with Gasteiger partial charge in [0.1, 0.15) is 11.9 Å². The van der Waals surface area contributed by atoms with Gasteiger partial charge in [0.2, 0.25) is 5.91 Å². The maximum atomic E-state index is 13.3. The molecule has 0 spiro atoms. The Hall–Kier alpha value is -2.05. The number of benzene rings is 1. The van der Waals surface area contributed by atoms with Gasteiger partial charge in [-0.2, -0.15) is 0 Å². The van der Waals surface area contributed by atoms with Gasteiger partial charge in [0.05, 0.1) is 6.42 Å². The summed E-state index contributed by atoms with van der Waals surface area (Å²) in [7, 11) is 0. The van der Waals surface area contributed by atoms with E-state index in [1.807, 2.05) is 0 Å². The van der Waals surface area contributed by atoms with Gasteiger partial charge in [0, 0.05) is 11.6 Å². The molecule has 1 rings (SSSR count). The van der Waals surface area contributed by atoms with Crippen molar-refractivity contribution in [1.29, 1.82) is 0 Å². The number of rotatable bonds is 6. The number of aliphatic carboxylic acids is 1. The normalized spacial score (nSPS) is 12.0. The molecule has 7 heteroatoms. The highest BCUT2D eigenvalue weighted by molar-refractivity contribution is 5.84. The van der Waals surface area contributed by atoms with Gasteiger partial charge in [0.15, 0.2) is 11.6 Å². The van der Waals surface area contributed by atoms with Crippen molar-refractivity contribution in [3.8, 4) is 0 Å². The van der Waals surface area contributed by atoms with Crippen LogP contribution >= 0.6 is 0 Å². The van der Waals surface area contributed by atoms with Crippen LogP contribution in [0.1, 0.15) is 25.3 Å². The molecule has 0 saturated carbocycles. The van der Waals surface area contributed by atoms with Gasteiger partial charge in [-0.05, 0) is 12.5 Å². The molecule has 0 bridgehead atoms. The second-order valence-electron chi connectivity index (χ2n) is 4.28. The molecule has 0 aliphatic heterocycles. The van der Waals surface area contributed by atoms with Gasteiger partial charge in [-0.3, -0.25) is 4.79 Å². The number of hydrogen-bond acceptors (Lipinski definition) is 2. The Kier molecular flexibility index (Phi) is 5.54. The van der Waals surface area contributed by atoms with Crippen LogP contribution in [-0.2, 0) is 16.0 Å². The van der Waals surface area contributed by atoms with Gasteiger partial charge < -0.3 is 10.4 Å². The predicted molar refractivity (Wildman–Crippen MR) is 64.5 cm³/mol. The zero-order chi connectivity index (χ0) is 15.3. The molecule has 1 aromatic carbocycles. The number of nitrogens with one attached hydrogen (secondary N) is 1. The van der Waals surface area contributed by atoms with Crippen molar-refractivity contribution in [3.05, 3.63) is 35.1 Å². The van der Waals surface area contributed by atoms with Crippen LogP contribution in [0.15, 0.2) is 12.1 Å². The van der Waals surface area contributed by atoms with Crippen LogP contribution in [0.4, 0.5) is 13.2 Å². The number of carbonyl (C=O) groups excluding carboxylic acids is 1. The zero-order valence-electron chi connectivity index (χ0n) is 10.8. The van der Waals surface area contributed by atoms with E-state index in [0.717, 1.165) is 0 Å². The van der Waals surface area contributed by atoms with Gasteiger partial charge in [-0.25, -0.2) is 18.0 Å². The Morgan fingerprint density at radius 2 is 1.80 bits per heavy atom. The van der Waals surface area contributed by atoms with E-state index in [-0.39, 0.29) is 12.0 Å².